The Morgan fingerprint density at radius 1 is 0.897 bits per heavy atom. The van der Waals surface area contributed by atoms with E-state index in [2.05, 4.69) is 5.32 Å². The zero-order valence-electron chi connectivity index (χ0n) is 16.5. The Morgan fingerprint density at radius 2 is 1.55 bits per heavy atom. The van der Waals surface area contributed by atoms with E-state index in [9.17, 15) is 9.59 Å². The minimum Gasteiger partial charge on any atom is -0.495 e. The summed E-state index contributed by atoms with van der Waals surface area (Å²) in [6.07, 6.45) is 0. The number of likely N-dealkylation sites (N-methyl/N-ethyl adjacent to an activating group) is 1. The number of nitrogens with one attached hydrogen (secondary N) is 1. The maximum Gasteiger partial charge on any atom is 0.278 e. The number of carbonyl (C=O) groups excluding carboxylic acids is 2. The Kier molecular flexibility index (Phi) is 5.98. The molecule has 0 atom stereocenters. The van der Waals surface area contributed by atoms with Gasteiger partial charge >= 0.3 is 0 Å². The monoisotopic (exact) mass is 416 g/mol. The molecule has 2 aromatic rings. The predicted molar refractivity (Wildman–Crippen MR) is 110 cm³/mol. The first-order chi connectivity index (χ1) is 13.9. The summed E-state index contributed by atoms with van der Waals surface area (Å²) in [6, 6.07) is 10.1. The van der Waals surface area contributed by atoms with Crippen molar-refractivity contribution in [2.45, 2.75) is 6.92 Å². The van der Waals surface area contributed by atoms with Crippen LogP contribution in [0.4, 0.5) is 5.69 Å². The third-order valence-corrected chi connectivity index (χ3v) is 4.87. The zero-order valence-corrected chi connectivity index (χ0v) is 17.3. The fraction of sp³-hybridized carbons (Fsp3) is 0.238. The highest BCUT2D eigenvalue weighted by Crippen LogP contribution is 2.36. The number of amides is 2. The molecule has 7 nitrogen and oxygen atoms in total. The Balaban J connectivity index is 2.10. The van der Waals surface area contributed by atoms with Gasteiger partial charge in [-0.25, -0.2) is 0 Å². The van der Waals surface area contributed by atoms with Crippen LogP contribution in [0.5, 0.6) is 17.2 Å². The molecule has 2 aromatic carbocycles. The quantitative estimate of drug-likeness (QED) is 0.695. The minimum atomic E-state index is -0.408. The second-order valence-electron chi connectivity index (χ2n) is 6.15. The van der Waals surface area contributed by atoms with Crippen molar-refractivity contribution in [1.82, 2.24) is 4.90 Å². The summed E-state index contributed by atoms with van der Waals surface area (Å²) >= 11 is 6.19. The largest absolute Gasteiger partial charge is 0.495 e. The topological polar surface area (TPSA) is 77.1 Å². The Labute approximate surface area is 173 Å². The highest BCUT2D eigenvalue weighted by atomic mass is 35.5. The number of rotatable bonds is 7. The number of methoxy groups -OCH3 is 3. The lowest BCUT2D eigenvalue weighted by molar-refractivity contribution is -0.136. The molecule has 0 fully saturated rings. The molecule has 0 spiro atoms. The first kappa shape index (κ1) is 20.5. The summed E-state index contributed by atoms with van der Waals surface area (Å²) in [7, 11) is 4.55. The van der Waals surface area contributed by atoms with E-state index in [-0.39, 0.29) is 23.7 Å². The van der Waals surface area contributed by atoms with Crippen molar-refractivity contribution < 1.29 is 23.8 Å². The first-order valence-corrected chi connectivity index (χ1v) is 9.26. The number of hydrogen-bond donors (Lipinski definition) is 1. The minimum absolute atomic E-state index is 0.172. The van der Waals surface area contributed by atoms with E-state index in [0.29, 0.717) is 33.5 Å². The molecule has 0 saturated heterocycles. The molecule has 1 aliphatic heterocycles. The van der Waals surface area contributed by atoms with Crippen LogP contribution in [-0.4, -0.2) is 44.6 Å². The Morgan fingerprint density at radius 3 is 2.14 bits per heavy atom. The highest BCUT2D eigenvalue weighted by molar-refractivity contribution is 6.36. The van der Waals surface area contributed by atoms with Crippen LogP contribution >= 0.6 is 11.6 Å². The van der Waals surface area contributed by atoms with Gasteiger partial charge in [-0.3, -0.25) is 14.5 Å². The van der Waals surface area contributed by atoms with Crippen LogP contribution < -0.4 is 19.5 Å². The van der Waals surface area contributed by atoms with Gasteiger partial charge in [-0.15, -0.1) is 0 Å². The smallest absolute Gasteiger partial charge is 0.278 e. The van der Waals surface area contributed by atoms with Gasteiger partial charge in [-0.1, -0.05) is 17.7 Å². The van der Waals surface area contributed by atoms with Gasteiger partial charge in [0.25, 0.3) is 11.8 Å². The molecule has 0 unspecified atom stereocenters. The summed E-state index contributed by atoms with van der Waals surface area (Å²) in [5, 5.41) is 3.43. The van der Waals surface area contributed by atoms with Crippen molar-refractivity contribution >= 4 is 34.7 Å². The molecular weight excluding hydrogens is 396 g/mol. The number of carbonyl (C=O) groups is 2. The van der Waals surface area contributed by atoms with Gasteiger partial charge in [0.2, 0.25) is 0 Å². The second-order valence-corrected chi connectivity index (χ2v) is 6.56. The molecular formula is C21H21ClN2O5. The number of imide groups is 1. The Bertz CT molecular complexity index is 1000. The molecule has 0 radical (unpaired) electrons. The van der Waals surface area contributed by atoms with E-state index in [4.69, 9.17) is 25.8 Å². The van der Waals surface area contributed by atoms with Crippen LogP contribution in [-0.2, 0) is 9.59 Å². The van der Waals surface area contributed by atoms with Crippen LogP contribution in [0.3, 0.4) is 0 Å². The van der Waals surface area contributed by atoms with Crippen molar-refractivity contribution in [1.29, 1.82) is 0 Å². The van der Waals surface area contributed by atoms with Crippen molar-refractivity contribution in [2.75, 3.05) is 33.2 Å². The molecule has 0 aromatic heterocycles. The molecule has 1 aliphatic rings. The molecule has 2 amide bonds. The molecule has 0 aliphatic carbocycles. The van der Waals surface area contributed by atoms with Gasteiger partial charge in [0.1, 0.15) is 11.4 Å². The van der Waals surface area contributed by atoms with E-state index >= 15 is 0 Å². The van der Waals surface area contributed by atoms with Crippen LogP contribution in [0.15, 0.2) is 42.1 Å². The molecule has 0 saturated carbocycles. The van der Waals surface area contributed by atoms with Gasteiger partial charge < -0.3 is 19.5 Å². The number of benzene rings is 2. The van der Waals surface area contributed by atoms with Gasteiger partial charge in [0.05, 0.1) is 31.9 Å². The van der Waals surface area contributed by atoms with Crippen molar-refractivity contribution in [2.24, 2.45) is 0 Å². The van der Waals surface area contributed by atoms with Crippen LogP contribution in [0.1, 0.15) is 12.5 Å². The third kappa shape index (κ3) is 3.73. The number of anilines is 1. The standard InChI is InChI=1S/C21H21ClN2O5/c1-5-24-20(25)18(12-6-8-16(28-3)17(10-12)29-4)19(21(24)26)23-13-7-9-15(27-2)14(22)11-13/h6-11,23H,5H2,1-4H3. The van der Waals surface area contributed by atoms with Gasteiger partial charge in [-0.05, 0) is 42.8 Å². The van der Waals surface area contributed by atoms with Crippen molar-refractivity contribution in [3.63, 3.8) is 0 Å². The maximum atomic E-state index is 13.0. The van der Waals surface area contributed by atoms with E-state index in [1.54, 1.807) is 43.3 Å². The summed E-state index contributed by atoms with van der Waals surface area (Å²) in [5.41, 5.74) is 1.52. The van der Waals surface area contributed by atoms with Crippen LogP contribution in [0.25, 0.3) is 5.57 Å². The summed E-state index contributed by atoms with van der Waals surface area (Å²) in [5.74, 6) is 0.702. The fourth-order valence-corrected chi connectivity index (χ4v) is 3.38. The summed E-state index contributed by atoms with van der Waals surface area (Å²) in [6.45, 7) is 2.00. The predicted octanol–water partition coefficient (Wildman–Crippen LogP) is 3.58. The maximum absolute atomic E-state index is 13.0. The molecule has 0 bridgehead atoms. The Hall–Kier alpha value is -3.19. The van der Waals surface area contributed by atoms with Gasteiger partial charge in [0.15, 0.2) is 11.5 Å². The van der Waals surface area contributed by atoms with Crippen LogP contribution in [0, 0.1) is 0 Å². The normalized spacial score (nSPS) is 13.8. The molecule has 29 heavy (non-hydrogen) atoms. The van der Waals surface area contributed by atoms with Crippen molar-refractivity contribution in [3.8, 4) is 17.2 Å². The molecule has 152 valence electrons. The molecule has 8 heteroatoms. The number of ether oxygens (including phenoxy) is 3. The fourth-order valence-electron chi connectivity index (χ4n) is 3.13. The average Bonchev–Trinajstić information content (AvgIpc) is 2.96. The highest BCUT2D eigenvalue weighted by Gasteiger charge is 2.38. The molecule has 3 rings (SSSR count). The number of nitrogens with zero attached hydrogens (tertiary/aromatic N) is 1. The lowest BCUT2D eigenvalue weighted by Crippen LogP contribution is -2.32. The zero-order chi connectivity index (χ0) is 21.1. The van der Waals surface area contributed by atoms with E-state index in [1.807, 2.05) is 0 Å². The van der Waals surface area contributed by atoms with E-state index in [1.165, 1.54) is 26.2 Å². The first-order valence-electron chi connectivity index (χ1n) is 8.88. The summed E-state index contributed by atoms with van der Waals surface area (Å²) < 4.78 is 15.7. The number of hydrogen-bond acceptors (Lipinski definition) is 6. The van der Waals surface area contributed by atoms with Crippen LogP contribution in [0.2, 0.25) is 5.02 Å². The third-order valence-electron chi connectivity index (χ3n) is 4.58. The van der Waals surface area contributed by atoms with E-state index in [0.717, 1.165) is 0 Å². The average molecular weight is 417 g/mol. The van der Waals surface area contributed by atoms with Crippen molar-refractivity contribution in [3.05, 3.63) is 52.7 Å². The lowest BCUT2D eigenvalue weighted by atomic mass is 10.0. The van der Waals surface area contributed by atoms with E-state index < -0.39 is 5.91 Å². The van der Waals surface area contributed by atoms with Gasteiger partial charge in [0, 0.05) is 12.2 Å². The molecule has 1 N–H and O–H groups in total. The SMILES string of the molecule is CCN1C(=O)C(Nc2ccc(OC)c(Cl)c2)=C(c2ccc(OC)c(OC)c2)C1=O. The van der Waals surface area contributed by atoms with Gasteiger partial charge in [-0.2, -0.15) is 0 Å². The lowest BCUT2D eigenvalue weighted by Gasteiger charge is -2.12. The second kappa shape index (κ2) is 8.45. The molecule has 1 heterocycles. The number of halogens is 1. The summed E-state index contributed by atoms with van der Waals surface area (Å²) in [4.78, 5) is 27.0.